The number of nitrogens with zero attached hydrogens (tertiary/aromatic N) is 3. The largest absolute Gasteiger partial charge is 0.311 e. The lowest BCUT2D eigenvalue weighted by atomic mass is 10.0. The van der Waals surface area contributed by atoms with Crippen molar-refractivity contribution in [1.29, 1.82) is 0 Å². The van der Waals surface area contributed by atoms with E-state index in [-0.39, 0.29) is 0 Å². The smallest absolute Gasteiger partial charge is 0.171 e. The zero-order valence-corrected chi connectivity index (χ0v) is 24.3. The Kier molecular flexibility index (Phi) is 6.97. The lowest BCUT2D eigenvalue weighted by Gasteiger charge is -2.26. The van der Waals surface area contributed by atoms with Crippen LogP contribution in [0.5, 0.6) is 0 Å². The number of rotatable bonds is 7. The molecule has 0 amide bonds. The first-order chi connectivity index (χ1) is 20.7. The predicted molar refractivity (Wildman–Crippen MR) is 177 cm³/mol. The molecule has 7 rings (SSSR count). The second-order valence-corrected chi connectivity index (χ2v) is 13.2. The molecule has 0 saturated carbocycles. The van der Waals surface area contributed by atoms with E-state index in [2.05, 4.69) is 62.2 Å². The van der Waals surface area contributed by atoms with Crippen molar-refractivity contribution >= 4 is 62.9 Å². The summed E-state index contributed by atoms with van der Waals surface area (Å²) in [7, 11) is -3.26. The van der Waals surface area contributed by atoms with Gasteiger partial charge < -0.3 is 9.46 Å². The molecule has 0 spiro atoms. The summed E-state index contributed by atoms with van der Waals surface area (Å²) < 4.78 is 24.5. The average Bonchev–Trinajstić information content (AvgIpc) is 3.54. The molecule has 0 atom stereocenters. The third-order valence-corrected chi connectivity index (χ3v) is 11.1. The predicted octanol–water partition coefficient (Wildman–Crippen LogP) is 8.47. The summed E-state index contributed by atoms with van der Waals surface area (Å²) in [4.78, 5) is 2.23. The van der Waals surface area contributed by atoms with E-state index in [1.807, 2.05) is 109 Å². The van der Waals surface area contributed by atoms with Crippen LogP contribution in [0.2, 0.25) is 0 Å². The first kappa shape index (κ1) is 26.1. The Morgan fingerprint density at radius 3 is 1.43 bits per heavy atom. The van der Waals surface area contributed by atoms with Gasteiger partial charge in [-0.15, -0.1) is 0 Å². The lowest BCUT2D eigenvalue weighted by Crippen LogP contribution is -2.26. The Labute approximate surface area is 249 Å². The summed E-state index contributed by atoms with van der Waals surface area (Å²) in [5.74, 6) is 0. The molecular weight excluding hydrogens is 553 g/mol. The van der Waals surface area contributed by atoms with Crippen LogP contribution in [0.1, 0.15) is 0 Å². The Morgan fingerprint density at radius 1 is 0.500 bits per heavy atom. The van der Waals surface area contributed by atoms with Crippen LogP contribution >= 0.6 is 18.9 Å². The van der Waals surface area contributed by atoms with Crippen LogP contribution in [0.15, 0.2) is 158 Å². The molecule has 0 aliphatic heterocycles. The standard InChI is InChI=1S/C36H26N3OPS/c40-41(31-17-9-3-10-18-31,32-19-11-4-12-20-32)36-26-35-34(37-42-38-35)25-33(36)27-21-23-30(24-22-27)39(28-13-5-1-6-14-28)29-15-7-2-8-16-29/h1-26H. The van der Waals surface area contributed by atoms with Gasteiger partial charge in [-0.05, 0) is 59.7 Å². The van der Waals surface area contributed by atoms with Crippen molar-refractivity contribution in [3.63, 3.8) is 0 Å². The van der Waals surface area contributed by atoms with E-state index < -0.39 is 7.14 Å². The van der Waals surface area contributed by atoms with Gasteiger partial charge in [-0.25, -0.2) is 0 Å². The lowest BCUT2D eigenvalue weighted by molar-refractivity contribution is 0.592. The van der Waals surface area contributed by atoms with Gasteiger partial charge in [0.1, 0.15) is 11.0 Å². The molecule has 0 radical (unpaired) electrons. The zero-order valence-electron chi connectivity index (χ0n) is 22.6. The van der Waals surface area contributed by atoms with Crippen molar-refractivity contribution in [2.75, 3.05) is 4.90 Å². The summed E-state index contributed by atoms with van der Waals surface area (Å²) in [5, 5.41) is 2.34. The van der Waals surface area contributed by atoms with E-state index in [9.17, 15) is 0 Å². The molecule has 0 aliphatic rings. The molecule has 1 aromatic heterocycles. The van der Waals surface area contributed by atoms with Gasteiger partial charge in [-0.2, -0.15) is 8.75 Å². The second kappa shape index (κ2) is 11.2. The number of hydrogen-bond acceptors (Lipinski definition) is 5. The molecular formula is C36H26N3OPS. The van der Waals surface area contributed by atoms with Gasteiger partial charge in [0, 0.05) is 33.0 Å². The van der Waals surface area contributed by atoms with Crippen molar-refractivity contribution < 1.29 is 4.57 Å². The first-order valence-electron chi connectivity index (χ1n) is 13.7. The van der Waals surface area contributed by atoms with E-state index in [0.29, 0.717) is 0 Å². The van der Waals surface area contributed by atoms with Gasteiger partial charge in [0.2, 0.25) is 0 Å². The minimum Gasteiger partial charge on any atom is -0.311 e. The number of para-hydroxylation sites is 2. The number of fused-ring (bicyclic) bond motifs is 1. The van der Waals surface area contributed by atoms with Gasteiger partial charge in [-0.3, -0.25) is 0 Å². The van der Waals surface area contributed by atoms with Gasteiger partial charge in [0.05, 0.1) is 11.7 Å². The van der Waals surface area contributed by atoms with Crippen LogP contribution in [0, 0.1) is 0 Å². The van der Waals surface area contributed by atoms with E-state index in [4.69, 9.17) is 0 Å². The van der Waals surface area contributed by atoms with Crippen molar-refractivity contribution in [3.8, 4) is 11.1 Å². The highest BCUT2D eigenvalue weighted by Crippen LogP contribution is 2.46. The van der Waals surface area contributed by atoms with Crippen LogP contribution in [0.3, 0.4) is 0 Å². The topological polar surface area (TPSA) is 46.1 Å². The normalized spacial score (nSPS) is 11.4. The number of anilines is 3. The molecule has 0 bridgehead atoms. The van der Waals surface area contributed by atoms with Gasteiger partial charge in [0.15, 0.2) is 7.14 Å². The quantitative estimate of drug-likeness (QED) is 0.178. The minimum absolute atomic E-state index is 0.752. The maximum absolute atomic E-state index is 15.5. The van der Waals surface area contributed by atoms with Crippen LogP contribution < -0.4 is 20.8 Å². The Hall–Kier alpha value is -4.83. The van der Waals surface area contributed by atoms with Crippen molar-refractivity contribution in [3.05, 3.63) is 158 Å². The number of aromatic nitrogens is 2. The zero-order chi connectivity index (χ0) is 28.4. The Bertz CT molecular complexity index is 1910. The molecule has 4 nitrogen and oxygen atoms in total. The fourth-order valence-electron chi connectivity index (χ4n) is 5.41. The van der Waals surface area contributed by atoms with Crippen LogP contribution in [-0.4, -0.2) is 8.75 Å². The number of benzene rings is 6. The maximum atomic E-state index is 15.5. The highest BCUT2D eigenvalue weighted by Gasteiger charge is 2.33. The maximum Gasteiger partial charge on any atom is 0.171 e. The van der Waals surface area contributed by atoms with Crippen molar-refractivity contribution in [1.82, 2.24) is 8.75 Å². The molecule has 0 N–H and O–H groups in total. The highest BCUT2D eigenvalue weighted by atomic mass is 32.1. The summed E-state index contributed by atoms with van der Waals surface area (Å²) >= 11 is 1.17. The number of hydrogen-bond donors (Lipinski definition) is 0. The molecule has 0 aliphatic carbocycles. The van der Waals surface area contributed by atoms with E-state index in [1.165, 1.54) is 11.7 Å². The third-order valence-electron chi connectivity index (χ3n) is 7.42. The fraction of sp³-hybridized carbons (Fsp3) is 0. The van der Waals surface area contributed by atoms with Crippen molar-refractivity contribution in [2.24, 2.45) is 0 Å². The molecule has 0 unspecified atom stereocenters. The Morgan fingerprint density at radius 2 is 0.929 bits per heavy atom. The molecule has 7 aromatic rings. The molecule has 1 heterocycles. The monoisotopic (exact) mass is 579 g/mol. The summed E-state index contributed by atoms with van der Waals surface area (Å²) in [6.07, 6.45) is 0. The van der Waals surface area contributed by atoms with Crippen molar-refractivity contribution in [2.45, 2.75) is 0 Å². The molecule has 202 valence electrons. The summed E-state index contributed by atoms with van der Waals surface area (Å²) in [6, 6.07) is 52.7. The minimum atomic E-state index is -3.26. The van der Waals surface area contributed by atoms with Crippen LogP contribution in [-0.2, 0) is 4.57 Å². The average molecular weight is 580 g/mol. The molecule has 0 fully saturated rings. The Balaban J connectivity index is 1.41. The third kappa shape index (κ3) is 4.73. The van der Waals surface area contributed by atoms with E-state index >= 15 is 4.57 Å². The van der Waals surface area contributed by atoms with Crippen LogP contribution in [0.4, 0.5) is 17.1 Å². The van der Waals surface area contributed by atoms with Gasteiger partial charge >= 0.3 is 0 Å². The van der Waals surface area contributed by atoms with E-state index in [1.54, 1.807) is 0 Å². The second-order valence-electron chi connectivity index (χ2n) is 9.96. The highest BCUT2D eigenvalue weighted by molar-refractivity contribution is 7.85. The summed E-state index contributed by atoms with van der Waals surface area (Å²) in [5.41, 5.74) is 6.59. The molecule has 6 aromatic carbocycles. The molecule has 0 saturated heterocycles. The van der Waals surface area contributed by atoms with E-state index in [0.717, 1.165) is 55.1 Å². The molecule has 42 heavy (non-hydrogen) atoms. The van der Waals surface area contributed by atoms with Gasteiger partial charge in [-0.1, -0.05) is 109 Å². The molecule has 6 heteroatoms. The SMILES string of the molecule is O=P(c1ccccc1)(c1ccccc1)c1cc2nsnc2cc1-c1ccc(N(c2ccccc2)c2ccccc2)cc1. The fourth-order valence-corrected chi connectivity index (χ4v) is 8.79. The first-order valence-corrected chi connectivity index (χ1v) is 16.1. The summed E-state index contributed by atoms with van der Waals surface area (Å²) in [6.45, 7) is 0. The van der Waals surface area contributed by atoms with Crippen LogP contribution in [0.25, 0.3) is 22.2 Å². The van der Waals surface area contributed by atoms with Gasteiger partial charge in [0.25, 0.3) is 0 Å².